The molecule has 0 radical (unpaired) electrons. The SMILES string of the molecule is CCOC(=O)N1CCC(NC(=O)CN2C(=O)C(C)Oc3ccccc32)CC1. The Balaban J connectivity index is 1.56. The van der Waals surface area contributed by atoms with Crippen molar-refractivity contribution in [3.63, 3.8) is 0 Å². The van der Waals surface area contributed by atoms with Gasteiger partial charge in [-0.15, -0.1) is 0 Å². The van der Waals surface area contributed by atoms with Gasteiger partial charge in [0, 0.05) is 19.1 Å². The number of ether oxygens (including phenoxy) is 2. The molecule has 0 saturated carbocycles. The molecule has 8 heteroatoms. The maximum Gasteiger partial charge on any atom is 0.409 e. The Morgan fingerprint density at radius 3 is 2.67 bits per heavy atom. The van der Waals surface area contributed by atoms with Crippen LogP contribution in [0.3, 0.4) is 0 Å². The van der Waals surface area contributed by atoms with E-state index in [1.165, 1.54) is 4.90 Å². The molecule has 146 valence electrons. The molecule has 0 aromatic heterocycles. The van der Waals surface area contributed by atoms with Gasteiger partial charge in [-0.05, 0) is 38.8 Å². The number of likely N-dealkylation sites (tertiary alicyclic amines) is 1. The van der Waals surface area contributed by atoms with Crippen LogP contribution < -0.4 is 15.0 Å². The molecule has 1 saturated heterocycles. The quantitative estimate of drug-likeness (QED) is 0.862. The summed E-state index contributed by atoms with van der Waals surface area (Å²) < 4.78 is 10.6. The van der Waals surface area contributed by atoms with Crippen molar-refractivity contribution >= 4 is 23.6 Å². The summed E-state index contributed by atoms with van der Waals surface area (Å²) in [5.41, 5.74) is 0.605. The Hall–Kier alpha value is -2.77. The number of fused-ring (bicyclic) bond motifs is 1. The first-order valence-electron chi connectivity index (χ1n) is 9.27. The van der Waals surface area contributed by atoms with E-state index in [1.54, 1.807) is 30.9 Å². The minimum atomic E-state index is -0.625. The monoisotopic (exact) mass is 375 g/mol. The van der Waals surface area contributed by atoms with Crippen LogP contribution in [0.4, 0.5) is 10.5 Å². The Morgan fingerprint density at radius 2 is 1.96 bits per heavy atom. The van der Waals surface area contributed by atoms with Crippen molar-refractivity contribution in [2.45, 2.75) is 38.8 Å². The van der Waals surface area contributed by atoms with Gasteiger partial charge in [0.1, 0.15) is 12.3 Å². The van der Waals surface area contributed by atoms with Crippen LogP contribution in [0.5, 0.6) is 5.75 Å². The molecule has 1 fully saturated rings. The number of benzene rings is 1. The number of rotatable bonds is 4. The van der Waals surface area contributed by atoms with Gasteiger partial charge in [0.2, 0.25) is 5.91 Å². The predicted octanol–water partition coefficient (Wildman–Crippen LogP) is 1.54. The zero-order chi connectivity index (χ0) is 19.4. The van der Waals surface area contributed by atoms with Crippen LogP contribution in [-0.4, -0.2) is 61.2 Å². The van der Waals surface area contributed by atoms with Gasteiger partial charge in [0.25, 0.3) is 5.91 Å². The molecule has 0 spiro atoms. The van der Waals surface area contributed by atoms with E-state index in [2.05, 4.69) is 5.32 Å². The summed E-state index contributed by atoms with van der Waals surface area (Å²) in [5, 5.41) is 2.97. The fourth-order valence-corrected chi connectivity index (χ4v) is 3.36. The molecule has 0 aliphatic carbocycles. The number of carbonyl (C=O) groups is 3. The van der Waals surface area contributed by atoms with E-state index in [0.29, 0.717) is 44.0 Å². The first-order valence-corrected chi connectivity index (χ1v) is 9.27. The van der Waals surface area contributed by atoms with Crippen LogP contribution in [0.25, 0.3) is 0 Å². The Morgan fingerprint density at radius 1 is 1.26 bits per heavy atom. The van der Waals surface area contributed by atoms with E-state index in [4.69, 9.17) is 9.47 Å². The zero-order valence-corrected chi connectivity index (χ0v) is 15.6. The molecule has 2 heterocycles. The molecule has 2 aliphatic rings. The van der Waals surface area contributed by atoms with E-state index < -0.39 is 6.10 Å². The summed E-state index contributed by atoms with van der Waals surface area (Å²) >= 11 is 0. The highest BCUT2D eigenvalue weighted by Gasteiger charge is 2.33. The van der Waals surface area contributed by atoms with Gasteiger partial charge in [-0.1, -0.05) is 12.1 Å². The second-order valence-corrected chi connectivity index (χ2v) is 6.68. The van der Waals surface area contributed by atoms with Gasteiger partial charge < -0.3 is 19.7 Å². The van der Waals surface area contributed by atoms with E-state index in [1.807, 2.05) is 12.1 Å². The van der Waals surface area contributed by atoms with Crippen molar-refractivity contribution in [1.82, 2.24) is 10.2 Å². The molecule has 1 aromatic carbocycles. The molecule has 3 amide bonds. The average molecular weight is 375 g/mol. The van der Waals surface area contributed by atoms with E-state index in [0.717, 1.165) is 0 Å². The molecular weight excluding hydrogens is 350 g/mol. The lowest BCUT2D eigenvalue weighted by Crippen LogP contribution is -2.52. The molecule has 1 aromatic rings. The number of para-hydroxylation sites is 2. The standard InChI is InChI=1S/C19H25N3O5/c1-3-26-19(25)21-10-8-14(9-11-21)20-17(23)12-22-15-6-4-5-7-16(15)27-13(2)18(22)24/h4-7,13-14H,3,8-12H2,1-2H3,(H,20,23). The summed E-state index contributed by atoms with van der Waals surface area (Å²) in [4.78, 5) is 39.8. The van der Waals surface area contributed by atoms with Crippen LogP contribution in [0.2, 0.25) is 0 Å². The Kier molecular flexibility index (Phi) is 5.83. The maximum absolute atomic E-state index is 12.5. The molecule has 27 heavy (non-hydrogen) atoms. The van der Waals surface area contributed by atoms with E-state index >= 15 is 0 Å². The summed E-state index contributed by atoms with van der Waals surface area (Å²) in [6, 6.07) is 7.17. The maximum atomic E-state index is 12.5. The smallest absolute Gasteiger partial charge is 0.409 e. The van der Waals surface area contributed by atoms with Crippen molar-refractivity contribution < 1.29 is 23.9 Å². The van der Waals surface area contributed by atoms with Gasteiger partial charge in [-0.25, -0.2) is 4.79 Å². The Labute approximate surface area is 158 Å². The third-order valence-corrected chi connectivity index (χ3v) is 4.76. The molecular formula is C19H25N3O5. The molecule has 1 unspecified atom stereocenters. The van der Waals surface area contributed by atoms with Gasteiger partial charge in [0.05, 0.1) is 12.3 Å². The summed E-state index contributed by atoms with van der Waals surface area (Å²) in [7, 11) is 0. The van der Waals surface area contributed by atoms with Gasteiger partial charge >= 0.3 is 6.09 Å². The lowest BCUT2D eigenvalue weighted by molar-refractivity contribution is -0.128. The lowest BCUT2D eigenvalue weighted by atomic mass is 10.1. The molecule has 0 bridgehead atoms. The largest absolute Gasteiger partial charge is 0.479 e. The fraction of sp³-hybridized carbons (Fsp3) is 0.526. The van der Waals surface area contributed by atoms with Crippen molar-refractivity contribution in [2.75, 3.05) is 31.1 Å². The molecule has 3 rings (SSSR count). The van der Waals surface area contributed by atoms with Crippen molar-refractivity contribution in [3.8, 4) is 5.75 Å². The van der Waals surface area contributed by atoms with Crippen LogP contribution in [0.1, 0.15) is 26.7 Å². The average Bonchev–Trinajstić information content (AvgIpc) is 2.66. The zero-order valence-electron chi connectivity index (χ0n) is 15.6. The first-order chi connectivity index (χ1) is 13.0. The topological polar surface area (TPSA) is 88.2 Å². The normalized spacial score (nSPS) is 19.9. The number of amides is 3. The predicted molar refractivity (Wildman–Crippen MR) is 98.6 cm³/mol. The third kappa shape index (κ3) is 4.32. The summed E-state index contributed by atoms with van der Waals surface area (Å²) in [6.07, 6.45) is 0.385. The second-order valence-electron chi connectivity index (χ2n) is 6.68. The van der Waals surface area contributed by atoms with Gasteiger partial charge in [-0.2, -0.15) is 0 Å². The van der Waals surface area contributed by atoms with Crippen LogP contribution >= 0.6 is 0 Å². The van der Waals surface area contributed by atoms with Crippen molar-refractivity contribution in [1.29, 1.82) is 0 Å². The van der Waals surface area contributed by atoms with E-state index in [9.17, 15) is 14.4 Å². The van der Waals surface area contributed by atoms with Gasteiger partial charge in [0.15, 0.2) is 6.10 Å². The molecule has 8 nitrogen and oxygen atoms in total. The van der Waals surface area contributed by atoms with Crippen LogP contribution in [0.15, 0.2) is 24.3 Å². The highest BCUT2D eigenvalue weighted by Crippen LogP contribution is 2.33. The molecule has 1 N–H and O–H groups in total. The molecule has 1 atom stereocenters. The summed E-state index contributed by atoms with van der Waals surface area (Å²) in [5.74, 6) is 0.142. The number of hydrogen-bond acceptors (Lipinski definition) is 5. The lowest BCUT2D eigenvalue weighted by Gasteiger charge is -2.34. The fourth-order valence-electron chi connectivity index (χ4n) is 3.36. The highest BCUT2D eigenvalue weighted by molar-refractivity contribution is 6.03. The number of anilines is 1. The second kappa shape index (κ2) is 8.28. The van der Waals surface area contributed by atoms with Crippen molar-refractivity contribution in [3.05, 3.63) is 24.3 Å². The minimum Gasteiger partial charge on any atom is -0.479 e. The first kappa shape index (κ1) is 19.0. The number of carbonyl (C=O) groups excluding carboxylic acids is 3. The highest BCUT2D eigenvalue weighted by atomic mass is 16.6. The minimum absolute atomic E-state index is 0.0213. The van der Waals surface area contributed by atoms with E-state index in [-0.39, 0.29) is 30.5 Å². The third-order valence-electron chi connectivity index (χ3n) is 4.76. The van der Waals surface area contributed by atoms with Crippen LogP contribution in [-0.2, 0) is 14.3 Å². The van der Waals surface area contributed by atoms with Crippen molar-refractivity contribution in [2.24, 2.45) is 0 Å². The summed E-state index contributed by atoms with van der Waals surface area (Å²) in [6.45, 7) is 4.83. The number of nitrogens with one attached hydrogen (secondary N) is 1. The number of piperidine rings is 1. The Bertz CT molecular complexity index is 715. The van der Waals surface area contributed by atoms with Crippen LogP contribution in [0, 0.1) is 0 Å². The number of nitrogens with zero attached hydrogens (tertiary/aromatic N) is 2. The molecule has 2 aliphatic heterocycles. The number of hydrogen-bond donors (Lipinski definition) is 1. The van der Waals surface area contributed by atoms with Gasteiger partial charge in [-0.3, -0.25) is 14.5 Å².